The van der Waals surface area contributed by atoms with Gasteiger partial charge in [0.25, 0.3) is 0 Å². The molecule has 0 bridgehead atoms. The quantitative estimate of drug-likeness (QED) is 0.423. The molecule has 3 rings (SSSR count). The molecule has 2 fully saturated rings. The molecule has 1 aromatic rings. The minimum absolute atomic E-state index is 0.141. The molecule has 0 radical (unpaired) electrons. The van der Waals surface area contributed by atoms with Crippen molar-refractivity contribution < 1.29 is 30.0 Å². The highest BCUT2D eigenvalue weighted by atomic mass is 16.4. The van der Waals surface area contributed by atoms with E-state index >= 15 is 0 Å². The fourth-order valence-electron chi connectivity index (χ4n) is 2.77. The molecule has 2 heterocycles. The van der Waals surface area contributed by atoms with Gasteiger partial charge < -0.3 is 20.4 Å². The molecule has 2 saturated heterocycles. The molecule has 0 aliphatic carbocycles. The Balaban J connectivity index is 2.07. The van der Waals surface area contributed by atoms with Crippen LogP contribution in [0.2, 0.25) is 0 Å². The lowest BCUT2D eigenvalue weighted by Crippen LogP contribution is -2.35. The van der Waals surface area contributed by atoms with Gasteiger partial charge in [-0.25, -0.2) is 0 Å². The second kappa shape index (κ2) is 2.94. The Morgan fingerprint density at radius 3 is 2.17 bits per heavy atom. The number of hydrogen-bond acceptors (Lipinski definition) is 5. The summed E-state index contributed by atoms with van der Waals surface area (Å²) < 4.78 is 0. The molecule has 2 aliphatic heterocycles. The second-order valence-electron chi connectivity index (χ2n) is 4.39. The predicted molar refractivity (Wildman–Crippen MR) is 56.1 cm³/mol. The van der Waals surface area contributed by atoms with Gasteiger partial charge in [-0.3, -0.25) is 14.5 Å². The van der Waals surface area contributed by atoms with Crippen LogP contribution >= 0.6 is 0 Å². The first-order valence-electron chi connectivity index (χ1n) is 5.19. The molecule has 0 saturated carbocycles. The monoisotopic (exact) mass is 251 g/mol. The van der Waals surface area contributed by atoms with Gasteiger partial charge in [-0.2, -0.15) is 0 Å². The van der Waals surface area contributed by atoms with Gasteiger partial charge in [-0.15, -0.1) is 0 Å². The smallest absolute Gasteiger partial charge is 0.323 e. The lowest BCUT2D eigenvalue weighted by Gasteiger charge is -2.12. The number of carboxylic acid groups (broad SMARTS) is 2. The Morgan fingerprint density at radius 2 is 1.67 bits per heavy atom. The van der Waals surface area contributed by atoms with Crippen LogP contribution in [0.1, 0.15) is 5.56 Å². The van der Waals surface area contributed by atoms with E-state index in [1.807, 2.05) is 0 Å². The molecular formula is C11H9NO6. The maximum atomic E-state index is 11.0. The zero-order valence-corrected chi connectivity index (χ0v) is 8.94. The molecule has 0 aromatic heterocycles. The van der Waals surface area contributed by atoms with Crippen molar-refractivity contribution in [1.29, 1.82) is 0 Å². The number of para-hydroxylation sites is 1. The maximum absolute atomic E-state index is 11.0. The number of aromatic hydroxyl groups is 2. The van der Waals surface area contributed by atoms with Crippen molar-refractivity contribution in [3.63, 3.8) is 0 Å². The number of aliphatic carboxylic acids is 2. The number of rotatable bonds is 3. The minimum atomic E-state index is -1.21. The number of benzene rings is 1. The Bertz CT molecular complexity index is 561. The maximum Gasteiger partial charge on any atom is 0.323 e. The number of phenolic OH excluding ortho intramolecular Hbond substituents is 2. The number of carbonyl (C=O) groups is 2. The molecule has 94 valence electrons. The summed E-state index contributed by atoms with van der Waals surface area (Å²) in [4.78, 5) is 23.2. The van der Waals surface area contributed by atoms with Gasteiger partial charge in [0.05, 0.1) is 0 Å². The van der Waals surface area contributed by atoms with Gasteiger partial charge in [0.2, 0.25) is 0 Å². The molecule has 2 unspecified atom stereocenters. The number of nitrogens with zero attached hydrogens (tertiary/aromatic N) is 1. The van der Waals surface area contributed by atoms with E-state index in [0.29, 0.717) is 0 Å². The van der Waals surface area contributed by atoms with Crippen molar-refractivity contribution in [3.8, 4) is 11.5 Å². The summed E-state index contributed by atoms with van der Waals surface area (Å²) in [5, 5.41) is 37.1. The lowest BCUT2D eigenvalue weighted by atomic mass is 9.91. The summed E-state index contributed by atoms with van der Waals surface area (Å²) in [6, 6.07) is 2.20. The van der Waals surface area contributed by atoms with Crippen molar-refractivity contribution in [2.24, 2.45) is 0 Å². The van der Waals surface area contributed by atoms with Crippen LogP contribution in [0.25, 0.3) is 0 Å². The van der Waals surface area contributed by atoms with E-state index < -0.39 is 41.1 Å². The van der Waals surface area contributed by atoms with Gasteiger partial charge in [0, 0.05) is 5.56 Å². The third-order valence-electron chi connectivity index (χ3n) is 3.60. The van der Waals surface area contributed by atoms with Crippen molar-refractivity contribution in [2.75, 3.05) is 0 Å². The average molecular weight is 251 g/mol. The highest BCUT2D eigenvalue weighted by molar-refractivity contribution is 5.95. The van der Waals surface area contributed by atoms with Crippen LogP contribution in [0, 0.1) is 0 Å². The topological polar surface area (TPSA) is 118 Å². The number of phenols is 2. The third-order valence-corrected chi connectivity index (χ3v) is 3.60. The van der Waals surface area contributed by atoms with Crippen LogP contribution in [0.4, 0.5) is 0 Å². The summed E-state index contributed by atoms with van der Waals surface area (Å²) in [6.45, 7) is 0. The molecule has 0 amide bonds. The van der Waals surface area contributed by atoms with Crippen LogP contribution in [-0.2, 0) is 15.1 Å². The predicted octanol–water partition coefficient (Wildman–Crippen LogP) is -0.471. The van der Waals surface area contributed by atoms with E-state index in [-0.39, 0.29) is 5.56 Å². The van der Waals surface area contributed by atoms with E-state index in [9.17, 15) is 19.8 Å². The van der Waals surface area contributed by atoms with Crippen molar-refractivity contribution in [1.82, 2.24) is 4.90 Å². The molecule has 7 heteroatoms. The Hall–Kier alpha value is -2.28. The van der Waals surface area contributed by atoms with Crippen LogP contribution in [-0.4, -0.2) is 49.3 Å². The Morgan fingerprint density at radius 1 is 1.11 bits per heavy atom. The van der Waals surface area contributed by atoms with Crippen LogP contribution in [0.15, 0.2) is 18.2 Å². The molecule has 2 aliphatic rings. The average Bonchev–Trinajstić information content (AvgIpc) is 3.08. The van der Waals surface area contributed by atoms with Gasteiger partial charge in [0.15, 0.2) is 11.5 Å². The zero-order chi connectivity index (χ0) is 13.2. The SMILES string of the molecule is O=C(O)C1N2C(C(=O)O)C12c1cccc(O)c1O. The lowest BCUT2D eigenvalue weighted by molar-refractivity contribution is -0.142. The van der Waals surface area contributed by atoms with Crippen molar-refractivity contribution in [2.45, 2.75) is 17.6 Å². The van der Waals surface area contributed by atoms with Gasteiger partial charge in [0.1, 0.15) is 17.6 Å². The van der Waals surface area contributed by atoms with E-state index in [1.54, 1.807) is 0 Å². The second-order valence-corrected chi connectivity index (χ2v) is 4.39. The largest absolute Gasteiger partial charge is 0.504 e. The number of hydrogen-bond donors (Lipinski definition) is 4. The van der Waals surface area contributed by atoms with E-state index in [1.165, 1.54) is 23.1 Å². The minimum Gasteiger partial charge on any atom is -0.504 e. The first-order valence-corrected chi connectivity index (χ1v) is 5.19. The molecule has 1 aromatic carbocycles. The Kier molecular flexibility index (Phi) is 1.77. The van der Waals surface area contributed by atoms with Gasteiger partial charge in [-0.05, 0) is 6.07 Å². The number of fused-ring (bicyclic) bond motifs is 1. The number of carboxylic acids is 2. The zero-order valence-electron chi connectivity index (χ0n) is 8.94. The fourth-order valence-corrected chi connectivity index (χ4v) is 2.77. The van der Waals surface area contributed by atoms with Gasteiger partial charge >= 0.3 is 11.9 Å². The molecule has 4 N–H and O–H groups in total. The van der Waals surface area contributed by atoms with Crippen LogP contribution < -0.4 is 0 Å². The summed E-state index contributed by atoms with van der Waals surface area (Å²) in [5.41, 5.74) is -1.07. The molecular weight excluding hydrogens is 242 g/mol. The van der Waals surface area contributed by atoms with Crippen LogP contribution in [0.5, 0.6) is 11.5 Å². The molecule has 2 atom stereocenters. The molecule has 0 spiro atoms. The summed E-state index contributed by atoms with van der Waals surface area (Å²) in [7, 11) is 0. The highest BCUT2D eigenvalue weighted by Gasteiger charge is 2.92. The first kappa shape index (κ1) is 10.8. The summed E-state index contributed by atoms with van der Waals surface area (Å²) in [6.07, 6.45) is 0. The van der Waals surface area contributed by atoms with Crippen molar-refractivity contribution >= 4 is 11.9 Å². The van der Waals surface area contributed by atoms with E-state index in [4.69, 9.17) is 10.2 Å². The van der Waals surface area contributed by atoms with E-state index in [2.05, 4.69) is 0 Å². The fraction of sp³-hybridized carbons (Fsp3) is 0.273. The Labute approximate surface area is 101 Å². The van der Waals surface area contributed by atoms with Gasteiger partial charge in [-0.1, -0.05) is 12.1 Å². The normalized spacial score (nSPS) is 35.7. The standard InChI is InChI=1S/C11H9NO6/c13-5-3-1-2-4(6(5)14)11-7(9(15)16)12(11)8(11)10(17)18/h1-3,7-8,13-14H,(H,15,16)(H,17,18). The highest BCUT2D eigenvalue weighted by Crippen LogP contribution is 2.71. The third kappa shape index (κ3) is 0.975. The molecule has 18 heavy (non-hydrogen) atoms. The van der Waals surface area contributed by atoms with E-state index in [0.717, 1.165) is 0 Å². The summed E-state index contributed by atoms with van der Waals surface area (Å²) in [5.74, 6) is -3.14. The molecule has 7 nitrogen and oxygen atoms in total. The van der Waals surface area contributed by atoms with Crippen molar-refractivity contribution in [3.05, 3.63) is 23.8 Å². The van der Waals surface area contributed by atoms with Crippen LogP contribution in [0.3, 0.4) is 0 Å². The first-order chi connectivity index (χ1) is 8.44. The summed E-state index contributed by atoms with van der Waals surface area (Å²) >= 11 is 0.